The van der Waals surface area contributed by atoms with Crippen molar-refractivity contribution in [2.75, 3.05) is 0 Å². The first kappa shape index (κ1) is 14.6. The van der Waals surface area contributed by atoms with Crippen molar-refractivity contribution in [3.8, 4) is 0 Å². The molecule has 0 aromatic heterocycles. The molecule has 2 nitrogen and oxygen atoms in total. The van der Waals surface area contributed by atoms with Gasteiger partial charge in [-0.25, -0.2) is 0 Å². The fourth-order valence-electron chi connectivity index (χ4n) is 3.21. The van der Waals surface area contributed by atoms with Crippen LogP contribution < -0.4 is 11.5 Å². The zero-order valence-corrected chi connectivity index (χ0v) is 12.8. The molecule has 110 valence electrons. The molecule has 0 aliphatic heterocycles. The Hall–Kier alpha value is -1.35. The molecule has 0 fully saturated rings. The average molecular weight is 301 g/mol. The third kappa shape index (κ3) is 3.46. The molecule has 2 aromatic carbocycles. The van der Waals surface area contributed by atoms with Crippen LogP contribution in [-0.2, 0) is 25.7 Å². The molecule has 3 heteroatoms. The summed E-state index contributed by atoms with van der Waals surface area (Å²) in [5.74, 6) is 0. The molecule has 2 aliphatic rings. The summed E-state index contributed by atoms with van der Waals surface area (Å²) in [6.07, 6.45) is 4.12. The van der Waals surface area contributed by atoms with E-state index in [0.717, 1.165) is 30.7 Å². The molecule has 2 aliphatic carbocycles. The second kappa shape index (κ2) is 6.18. The third-order valence-electron chi connectivity index (χ3n) is 4.22. The summed E-state index contributed by atoms with van der Waals surface area (Å²) in [6.45, 7) is 0. The minimum Gasteiger partial charge on any atom is -0.327 e. The number of hydrogen-bond donors (Lipinski definition) is 2. The lowest BCUT2D eigenvalue weighted by molar-refractivity contribution is 0.721. The van der Waals surface area contributed by atoms with Gasteiger partial charge in [-0.05, 0) is 60.1 Å². The molecule has 2 aromatic rings. The molecular formula is C18H21ClN2. The number of halogens is 1. The molecule has 21 heavy (non-hydrogen) atoms. The van der Waals surface area contributed by atoms with Crippen molar-refractivity contribution in [3.63, 3.8) is 0 Å². The second-order valence-corrected chi connectivity index (χ2v) is 6.45. The van der Waals surface area contributed by atoms with E-state index in [9.17, 15) is 0 Å². The van der Waals surface area contributed by atoms with Crippen LogP contribution in [0, 0.1) is 0 Å². The monoisotopic (exact) mass is 300 g/mol. The number of nitrogens with two attached hydrogens (primary N) is 2. The molecule has 0 saturated heterocycles. The predicted octanol–water partition coefficient (Wildman–Crippen LogP) is 2.88. The van der Waals surface area contributed by atoms with E-state index in [1.54, 1.807) is 0 Å². The van der Waals surface area contributed by atoms with Crippen molar-refractivity contribution in [3.05, 3.63) is 69.7 Å². The van der Waals surface area contributed by atoms with Crippen molar-refractivity contribution in [1.29, 1.82) is 0 Å². The number of rotatable bonds is 0. The smallest absolute Gasteiger partial charge is 0.0408 e. The van der Waals surface area contributed by atoms with Gasteiger partial charge in [0.2, 0.25) is 0 Å². The highest BCUT2D eigenvalue weighted by molar-refractivity contribution is 6.30. The van der Waals surface area contributed by atoms with Crippen LogP contribution in [0.1, 0.15) is 22.3 Å². The van der Waals surface area contributed by atoms with Gasteiger partial charge < -0.3 is 11.5 Å². The molecular weight excluding hydrogens is 280 g/mol. The van der Waals surface area contributed by atoms with Crippen LogP contribution in [0.4, 0.5) is 0 Å². The van der Waals surface area contributed by atoms with Gasteiger partial charge in [-0.3, -0.25) is 0 Å². The summed E-state index contributed by atoms with van der Waals surface area (Å²) >= 11 is 5.83. The number of benzene rings is 2. The van der Waals surface area contributed by atoms with Crippen LogP contribution in [0.25, 0.3) is 0 Å². The van der Waals surface area contributed by atoms with Gasteiger partial charge in [0.1, 0.15) is 0 Å². The van der Waals surface area contributed by atoms with Crippen molar-refractivity contribution < 1.29 is 0 Å². The largest absolute Gasteiger partial charge is 0.327 e. The quantitative estimate of drug-likeness (QED) is 0.786. The standard InChI is InChI=1S/C9H10ClN.C9H11N/c10-8-2-1-6-4-9(11)5-7(6)3-8;10-9-5-7-3-1-2-4-8(7)6-9/h1-3,9H,4-5,11H2;1-4,9H,5-6,10H2. The van der Waals surface area contributed by atoms with Gasteiger partial charge in [0.15, 0.2) is 0 Å². The minimum atomic E-state index is 0.309. The van der Waals surface area contributed by atoms with Crippen molar-refractivity contribution in [2.45, 2.75) is 37.8 Å². The Labute approximate surface area is 131 Å². The summed E-state index contributed by atoms with van der Waals surface area (Å²) in [6, 6.07) is 15.2. The molecule has 4 rings (SSSR count). The predicted molar refractivity (Wildman–Crippen MR) is 88.7 cm³/mol. The molecule has 0 radical (unpaired) electrons. The van der Waals surface area contributed by atoms with Gasteiger partial charge in [0.25, 0.3) is 0 Å². The maximum absolute atomic E-state index is 5.83. The third-order valence-corrected chi connectivity index (χ3v) is 4.45. The van der Waals surface area contributed by atoms with Gasteiger partial charge in [0.05, 0.1) is 0 Å². The van der Waals surface area contributed by atoms with Gasteiger partial charge in [0, 0.05) is 17.1 Å². The van der Waals surface area contributed by atoms with Crippen LogP contribution in [-0.4, -0.2) is 12.1 Å². The summed E-state index contributed by atoms with van der Waals surface area (Å²) in [4.78, 5) is 0. The van der Waals surface area contributed by atoms with E-state index in [4.69, 9.17) is 23.1 Å². The first-order valence-electron chi connectivity index (χ1n) is 7.47. The topological polar surface area (TPSA) is 52.0 Å². The van der Waals surface area contributed by atoms with E-state index >= 15 is 0 Å². The van der Waals surface area contributed by atoms with Crippen LogP contribution in [0.5, 0.6) is 0 Å². The Morgan fingerprint density at radius 1 is 0.714 bits per heavy atom. The van der Waals surface area contributed by atoms with E-state index in [1.165, 1.54) is 22.3 Å². The lowest BCUT2D eigenvalue weighted by atomic mass is 10.1. The highest BCUT2D eigenvalue weighted by Gasteiger charge is 2.17. The van der Waals surface area contributed by atoms with E-state index in [-0.39, 0.29) is 0 Å². The normalized spacial score (nSPS) is 19.7. The van der Waals surface area contributed by atoms with E-state index in [1.807, 2.05) is 12.1 Å². The van der Waals surface area contributed by atoms with Gasteiger partial charge in [-0.2, -0.15) is 0 Å². The van der Waals surface area contributed by atoms with E-state index < -0.39 is 0 Å². The Morgan fingerprint density at radius 3 is 1.76 bits per heavy atom. The number of fused-ring (bicyclic) bond motifs is 2. The molecule has 1 unspecified atom stereocenters. The molecule has 0 saturated carbocycles. The van der Waals surface area contributed by atoms with Crippen molar-refractivity contribution in [2.24, 2.45) is 11.5 Å². The van der Waals surface area contributed by atoms with Crippen LogP contribution in [0.3, 0.4) is 0 Å². The Morgan fingerprint density at radius 2 is 1.19 bits per heavy atom. The first-order valence-corrected chi connectivity index (χ1v) is 7.85. The van der Waals surface area contributed by atoms with Crippen LogP contribution in [0.15, 0.2) is 42.5 Å². The van der Waals surface area contributed by atoms with Crippen molar-refractivity contribution in [1.82, 2.24) is 0 Å². The fourth-order valence-corrected chi connectivity index (χ4v) is 3.41. The maximum atomic E-state index is 5.83. The lowest BCUT2D eigenvalue weighted by Crippen LogP contribution is -2.18. The zero-order chi connectivity index (χ0) is 14.8. The minimum absolute atomic E-state index is 0.309. The Kier molecular flexibility index (Phi) is 4.29. The van der Waals surface area contributed by atoms with Crippen LogP contribution >= 0.6 is 11.6 Å². The second-order valence-electron chi connectivity index (χ2n) is 6.02. The lowest BCUT2D eigenvalue weighted by Gasteiger charge is -1.96. The Balaban J connectivity index is 0.000000126. The van der Waals surface area contributed by atoms with Gasteiger partial charge >= 0.3 is 0 Å². The van der Waals surface area contributed by atoms with Crippen LogP contribution in [0.2, 0.25) is 5.02 Å². The molecule has 0 heterocycles. The first-order chi connectivity index (χ1) is 10.1. The highest BCUT2D eigenvalue weighted by Crippen LogP contribution is 2.24. The highest BCUT2D eigenvalue weighted by atomic mass is 35.5. The molecule has 0 bridgehead atoms. The fraction of sp³-hybridized carbons (Fsp3) is 0.333. The summed E-state index contributed by atoms with van der Waals surface area (Å²) in [5, 5.41) is 0.817. The zero-order valence-electron chi connectivity index (χ0n) is 12.1. The van der Waals surface area contributed by atoms with Crippen molar-refractivity contribution >= 4 is 11.6 Å². The Bertz CT molecular complexity index is 614. The molecule has 0 amide bonds. The summed E-state index contributed by atoms with van der Waals surface area (Å²) in [5.41, 5.74) is 17.1. The van der Waals surface area contributed by atoms with Gasteiger partial charge in [-0.1, -0.05) is 41.9 Å². The number of hydrogen-bond acceptors (Lipinski definition) is 2. The van der Waals surface area contributed by atoms with E-state index in [2.05, 4.69) is 30.3 Å². The summed E-state index contributed by atoms with van der Waals surface area (Å²) < 4.78 is 0. The van der Waals surface area contributed by atoms with E-state index in [0.29, 0.717) is 12.1 Å². The average Bonchev–Trinajstić information content (AvgIpc) is 2.99. The molecule has 4 N–H and O–H groups in total. The SMILES string of the molecule is NC1Cc2ccc(Cl)cc2C1.NC1Cc2ccccc2C1. The van der Waals surface area contributed by atoms with Gasteiger partial charge in [-0.15, -0.1) is 0 Å². The summed E-state index contributed by atoms with van der Waals surface area (Å²) in [7, 11) is 0. The molecule has 1 atom stereocenters. The maximum Gasteiger partial charge on any atom is 0.0408 e. The molecule has 0 spiro atoms.